The number of non-ortho nitro benzene ring substituents is 1. The Morgan fingerprint density at radius 2 is 2.00 bits per heavy atom. The molecule has 1 saturated heterocycles. The molecule has 0 unspecified atom stereocenters. The molecule has 1 N–H and O–H groups in total. The van der Waals surface area contributed by atoms with E-state index >= 15 is 0 Å². The lowest BCUT2D eigenvalue weighted by Crippen LogP contribution is -2.37. The van der Waals surface area contributed by atoms with Crippen molar-refractivity contribution in [1.29, 1.82) is 0 Å². The van der Waals surface area contributed by atoms with Crippen LogP contribution in [0.1, 0.15) is 32.3 Å². The molecule has 1 heterocycles. The van der Waals surface area contributed by atoms with Crippen LogP contribution < -0.4 is 4.90 Å². The number of hydrogen-bond donors (Lipinski definition) is 1. The topological polar surface area (TPSA) is 66.6 Å². The lowest BCUT2D eigenvalue weighted by molar-refractivity contribution is -0.384. The Bertz CT molecular complexity index is 476. The molecule has 0 bridgehead atoms. The number of aliphatic hydroxyl groups is 1. The van der Waals surface area contributed by atoms with E-state index < -0.39 is 4.92 Å². The van der Waals surface area contributed by atoms with Crippen molar-refractivity contribution in [3.05, 3.63) is 33.9 Å². The molecule has 0 aliphatic carbocycles. The van der Waals surface area contributed by atoms with Crippen LogP contribution in [-0.2, 0) is 6.61 Å². The van der Waals surface area contributed by atoms with E-state index in [-0.39, 0.29) is 12.3 Å². The molecule has 0 aromatic heterocycles. The monoisotopic (exact) mass is 264 g/mol. The van der Waals surface area contributed by atoms with Gasteiger partial charge in [-0.1, -0.05) is 13.8 Å². The molecule has 5 nitrogen and oxygen atoms in total. The summed E-state index contributed by atoms with van der Waals surface area (Å²) in [6.45, 7) is 6.20. The molecule has 1 fully saturated rings. The smallest absolute Gasteiger partial charge is 0.269 e. The zero-order chi connectivity index (χ0) is 14.0. The molecule has 104 valence electrons. The average molecular weight is 264 g/mol. The van der Waals surface area contributed by atoms with Crippen molar-refractivity contribution in [2.75, 3.05) is 18.0 Å². The zero-order valence-corrected chi connectivity index (χ0v) is 11.4. The Morgan fingerprint density at radius 1 is 1.37 bits per heavy atom. The summed E-state index contributed by atoms with van der Waals surface area (Å²) in [5.41, 5.74) is 1.94. The molecule has 19 heavy (non-hydrogen) atoms. The Morgan fingerprint density at radius 3 is 2.53 bits per heavy atom. The lowest BCUT2D eigenvalue weighted by atomic mass is 9.82. The van der Waals surface area contributed by atoms with E-state index in [0.717, 1.165) is 31.6 Å². The Labute approximate surface area is 113 Å². The van der Waals surface area contributed by atoms with Crippen LogP contribution in [0.15, 0.2) is 18.2 Å². The van der Waals surface area contributed by atoms with Crippen molar-refractivity contribution in [1.82, 2.24) is 0 Å². The second-order valence-electron chi connectivity index (χ2n) is 5.88. The SMILES string of the molecule is CC1(C)CCN(c2ccc([N+](=O)[O-])cc2CO)CC1. The van der Waals surface area contributed by atoms with Crippen LogP contribution in [0.3, 0.4) is 0 Å². The van der Waals surface area contributed by atoms with Crippen molar-refractivity contribution in [2.45, 2.75) is 33.3 Å². The van der Waals surface area contributed by atoms with E-state index in [9.17, 15) is 15.2 Å². The first-order chi connectivity index (χ1) is 8.93. The van der Waals surface area contributed by atoms with Crippen LogP contribution in [-0.4, -0.2) is 23.1 Å². The van der Waals surface area contributed by atoms with E-state index in [1.54, 1.807) is 6.07 Å². The number of piperidine rings is 1. The van der Waals surface area contributed by atoms with Crippen LogP contribution in [0.2, 0.25) is 0 Å². The standard InChI is InChI=1S/C14H20N2O3/c1-14(2)5-7-15(8-6-14)13-4-3-12(16(18)19)9-11(13)10-17/h3-4,9,17H,5-8,10H2,1-2H3. The molecule has 5 heteroatoms. The number of nitrogens with zero attached hydrogens (tertiary/aromatic N) is 2. The quantitative estimate of drug-likeness (QED) is 0.673. The molecule has 1 aromatic carbocycles. The van der Waals surface area contributed by atoms with Gasteiger partial charge in [-0.25, -0.2) is 0 Å². The molecular formula is C14H20N2O3. The van der Waals surface area contributed by atoms with Crippen LogP contribution in [0.5, 0.6) is 0 Å². The summed E-state index contributed by atoms with van der Waals surface area (Å²) >= 11 is 0. The van der Waals surface area contributed by atoms with E-state index in [2.05, 4.69) is 18.7 Å². The van der Waals surface area contributed by atoms with E-state index in [4.69, 9.17) is 0 Å². The number of hydrogen-bond acceptors (Lipinski definition) is 4. The minimum atomic E-state index is -0.428. The van der Waals surface area contributed by atoms with Crippen LogP contribution in [0, 0.1) is 15.5 Å². The minimum Gasteiger partial charge on any atom is -0.392 e. The summed E-state index contributed by atoms with van der Waals surface area (Å²) in [4.78, 5) is 12.5. The maximum Gasteiger partial charge on any atom is 0.269 e. The highest BCUT2D eigenvalue weighted by Crippen LogP contribution is 2.34. The Balaban J connectivity index is 2.23. The van der Waals surface area contributed by atoms with E-state index in [1.165, 1.54) is 12.1 Å². The van der Waals surface area contributed by atoms with Gasteiger partial charge in [0.2, 0.25) is 0 Å². The van der Waals surface area contributed by atoms with Crippen LogP contribution in [0.25, 0.3) is 0 Å². The zero-order valence-electron chi connectivity index (χ0n) is 11.4. The first-order valence-electron chi connectivity index (χ1n) is 6.56. The number of rotatable bonds is 3. The predicted molar refractivity (Wildman–Crippen MR) is 74.2 cm³/mol. The molecule has 0 saturated carbocycles. The fraction of sp³-hybridized carbons (Fsp3) is 0.571. The first kappa shape index (κ1) is 13.8. The summed E-state index contributed by atoms with van der Waals surface area (Å²) in [6, 6.07) is 4.73. The van der Waals surface area contributed by atoms with Crippen LogP contribution >= 0.6 is 0 Å². The summed E-state index contributed by atoms with van der Waals surface area (Å²) in [5.74, 6) is 0. The van der Waals surface area contributed by atoms with Gasteiger partial charge in [0.1, 0.15) is 0 Å². The highest BCUT2D eigenvalue weighted by molar-refractivity contribution is 5.58. The predicted octanol–water partition coefficient (Wildman–Crippen LogP) is 2.71. The highest BCUT2D eigenvalue weighted by Gasteiger charge is 2.26. The maximum atomic E-state index is 10.8. The van der Waals surface area contributed by atoms with Gasteiger partial charge >= 0.3 is 0 Å². The molecule has 1 aliphatic rings. The second kappa shape index (κ2) is 5.17. The Kier molecular flexibility index (Phi) is 3.75. The lowest BCUT2D eigenvalue weighted by Gasteiger charge is -2.38. The van der Waals surface area contributed by atoms with Gasteiger partial charge in [-0.15, -0.1) is 0 Å². The molecule has 0 spiro atoms. The maximum absolute atomic E-state index is 10.8. The van der Waals surface area contributed by atoms with Gasteiger partial charge in [0.25, 0.3) is 5.69 Å². The summed E-state index contributed by atoms with van der Waals surface area (Å²) < 4.78 is 0. The van der Waals surface area contributed by atoms with Crippen molar-refractivity contribution in [2.24, 2.45) is 5.41 Å². The fourth-order valence-corrected chi connectivity index (χ4v) is 2.47. The number of aliphatic hydroxyl groups excluding tert-OH is 1. The van der Waals surface area contributed by atoms with Crippen molar-refractivity contribution in [3.63, 3.8) is 0 Å². The van der Waals surface area contributed by atoms with Crippen molar-refractivity contribution in [3.8, 4) is 0 Å². The van der Waals surface area contributed by atoms with Crippen LogP contribution in [0.4, 0.5) is 11.4 Å². The van der Waals surface area contributed by atoms with Gasteiger partial charge in [0, 0.05) is 36.5 Å². The van der Waals surface area contributed by atoms with Gasteiger partial charge in [0.15, 0.2) is 0 Å². The van der Waals surface area contributed by atoms with Gasteiger partial charge in [-0.05, 0) is 24.3 Å². The van der Waals surface area contributed by atoms with Crippen molar-refractivity contribution >= 4 is 11.4 Å². The largest absolute Gasteiger partial charge is 0.392 e. The molecule has 0 radical (unpaired) electrons. The Hall–Kier alpha value is -1.62. The number of nitro groups is 1. The van der Waals surface area contributed by atoms with Crippen molar-refractivity contribution < 1.29 is 10.0 Å². The molecule has 0 amide bonds. The molecule has 1 aliphatic heterocycles. The normalized spacial score (nSPS) is 18.4. The fourth-order valence-electron chi connectivity index (χ4n) is 2.47. The van der Waals surface area contributed by atoms with Gasteiger partial charge in [0.05, 0.1) is 11.5 Å². The van der Waals surface area contributed by atoms with Gasteiger partial charge in [-0.2, -0.15) is 0 Å². The van der Waals surface area contributed by atoms with Gasteiger partial charge < -0.3 is 10.0 Å². The number of nitro benzene ring substituents is 1. The van der Waals surface area contributed by atoms with Gasteiger partial charge in [-0.3, -0.25) is 10.1 Å². The third kappa shape index (κ3) is 3.04. The third-order valence-corrected chi connectivity index (χ3v) is 3.90. The third-order valence-electron chi connectivity index (χ3n) is 3.90. The minimum absolute atomic E-state index is 0.0325. The second-order valence-corrected chi connectivity index (χ2v) is 5.88. The first-order valence-corrected chi connectivity index (χ1v) is 6.56. The average Bonchev–Trinajstić information content (AvgIpc) is 2.38. The molecule has 2 rings (SSSR count). The van der Waals surface area contributed by atoms with E-state index in [1.807, 2.05) is 0 Å². The summed E-state index contributed by atoms with van der Waals surface area (Å²) in [7, 11) is 0. The summed E-state index contributed by atoms with van der Waals surface area (Å²) in [6.07, 6.45) is 2.18. The molecule has 0 atom stereocenters. The highest BCUT2D eigenvalue weighted by atomic mass is 16.6. The molecule has 1 aromatic rings. The summed E-state index contributed by atoms with van der Waals surface area (Å²) in [5, 5.41) is 20.2. The van der Waals surface area contributed by atoms with E-state index in [0.29, 0.717) is 11.0 Å². The molecular weight excluding hydrogens is 244 g/mol. The number of anilines is 1. The number of benzene rings is 1.